The molecule has 33 heavy (non-hydrogen) atoms. The molecule has 3 aromatic rings. The molecule has 3 rings (SSSR count). The summed E-state index contributed by atoms with van der Waals surface area (Å²) in [5.74, 6) is 0.499. The highest BCUT2D eigenvalue weighted by atomic mass is 32.2. The van der Waals surface area contributed by atoms with Gasteiger partial charge < -0.3 is 19.1 Å². The summed E-state index contributed by atoms with van der Waals surface area (Å²) in [7, 11) is 3.09. The summed E-state index contributed by atoms with van der Waals surface area (Å²) in [4.78, 5) is 22.6. The molecule has 0 aliphatic carbocycles. The molecule has 0 spiro atoms. The van der Waals surface area contributed by atoms with E-state index in [0.29, 0.717) is 45.7 Å². The number of methoxy groups -OCH3 is 2. The van der Waals surface area contributed by atoms with E-state index >= 15 is 0 Å². The van der Waals surface area contributed by atoms with Gasteiger partial charge in [0.15, 0.2) is 11.0 Å². The van der Waals surface area contributed by atoms with Gasteiger partial charge >= 0.3 is 5.97 Å². The first-order valence-corrected chi connectivity index (χ1v) is 10.6. The van der Waals surface area contributed by atoms with Gasteiger partial charge in [-0.3, -0.25) is 10.1 Å². The Morgan fingerprint density at radius 1 is 1.18 bits per heavy atom. The lowest BCUT2D eigenvalue weighted by atomic mass is 10.1. The summed E-state index contributed by atoms with van der Waals surface area (Å²) >= 11 is 0.915. The number of nitro benzene ring substituents is 1. The molecule has 0 aliphatic rings. The van der Waals surface area contributed by atoms with Gasteiger partial charge in [-0.05, 0) is 49.4 Å². The van der Waals surface area contributed by atoms with Gasteiger partial charge in [0.1, 0.15) is 16.4 Å². The molecule has 0 saturated carbocycles. The van der Waals surface area contributed by atoms with Crippen LogP contribution in [0.15, 0.2) is 46.5 Å². The SMILES string of the molecule is CCn1c(S/C(=C/c2ccc(C)c([N+](=O)[O-])c2)C(=O)O)nnc1-c1cc(OC)cc(OC)c1. The molecule has 0 bridgehead atoms. The van der Waals surface area contributed by atoms with Crippen LogP contribution in [0.4, 0.5) is 5.69 Å². The molecule has 0 atom stereocenters. The van der Waals surface area contributed by atoms with Gasteiger partial charge in [0.05, 0.1) is 19.1 Å². The van der Waals surface area contributed by atoms with Crippen molar-refractivity contribution in [2.75, 3.05) is 14.2 Å². The average Bonchev–Trinajstić information content (AvgIpc) is 3.21. The summed E-state index contributed by atoms with van der Waals surface area (Å²) in [5, 5.41) is 29.8. The minimum Gasteiger partial charge on any atom is -0.497 e. The maximum absolute atomic E-state index is 11.9. The number of aromatic nitrogens is 3. The van der Waals surface area contributed by atoms with E-state index in [0.717, 1.165) is 11.8 Å². The van der Waals surface area contributed by atoms with Crippen LogP contribution in [0.5, 0.6) is 11.5 Å². The predicted molar refractivity (Wildman–Crippen MR) is 124 cm³/mol. The molecule has 0 fully saturated rings. The lowest BCUT2D eigenvalue weighted by Gasteiger charge is -2.10. The minimum absolute atomic E-state index is 0.0509. The van der Waals surface area contributed by atoms with Crippen LogP contribution < -0.4 is 9.47 Å². The van der Waals surface area contributed by atoms with Crippen molar-refractivity contribution >= 4 is 29.5 Å². The number of rotatable bonds is 9. The van der Waals surface area contributed by atoms with Crippen molar-refractivity contribution in [3.05, 3.63) is 62.5 Å². The smallest absolute Gasteiger partial charge is 0.342 e. The zero-order valence-corrected chi connectivity index (χ0v) is 19.3. The van der Waals surface area contributed by atoms with Crippen molar-refractivity contribution in [3.63, 3.8) is 0 Å². The molecule has 0 radical (unpaired) electrons. The number of carboxylic acids is 1. The number of thioether (sulfide) groups is 1. The summed E-state index contributed by atoms with van der Waals surface area (Å²) in [6.45, 7) is 3.99. The molecular formula is C22H22N4O6S. The number of aryl methyl sites for hydroxylation is 1. The van der Waals surface area contributed by atoms with Gasteiger partial charge in [0.2, 0.25) is 0 Å². The van der Waals surface area contributed by atoms with Crippen molar-refractivity contribution in [1.82, 2.24) is 14.8 Å². The van der Waals surface area contributed by atoms with E-state index in [1.165, 1.54) is 12.1 Å². The third kappa shape index (κ3) is 5.32. The van der Waals surface area contributed by atoms with Crippen LogP contribution in [0.2, 0.25) is 0 Å². The largest absolute Gasteiger partial charge is 0.497 e. The summed E-state index contributed by atoms with van der Waals surface area (Å²) in [6.07, 6.45) is 1.38. The Labute approximate surface area is 194 Å². The van der Waals surface area contributed by atoms with Crippen LogP contribution in [0, 0.1) is 17.0 Å². The highest BCUT2D eigenvalue weighted by Gasteiger charge is 2.20. The van der Waals surface area contributed by atoms with Crippen molar-refractivity contribution in [1.29, 1.82) is 0 Å². The van der Waals surface area contributed by atoms with Gasteiger partial charge in [-0.1, -0.05) is 12.1 Å². The van der Waals surface area contributed by atoms with Gasteiger partial charge in [-0.2, -0.15) is 0 Å². The molecule has 1 N–H and O–H groups in total. The first kappa shape index (κ1) is 23.8. The molecule has 0 aliphatic heterocycles. The number of nitro groups is 1. The van der Waals surface area contributed by atoms with E-state index in [1.54, 1.807) is 56.0 Å². The predicted octanol–water partition coefficient (Wildman–Crippen LogP) is 4.42. The molecule has 10 nitrogen and oxygen atoms in total. The Kier molecular flexibility index (Phi) is 7.34. The lowest BCUT2D eigenvalue weighted by Crippen LogP contribution is -2.03. The van der Waals surface area contributed by atoms with Gasteiger partial charge in [0, 0.05) is 29.8 Å². The number of benzene rings is 2. The number of hydrogen-bond acceptors (Lipinski definition) is 8. The first-order chi connectivity index (χ1) is 15.8. The van der Waals surface area contributed by atoms with Crippen LogP contribution in [0.25, 0.3) is 17.5 Å². The summed E-state index contributed by atoms with van der Waals surface area (Å²) < 4.78 is 12.4. The fraction of sp³-hybridized carbons (Fsp3) is 0.227. The molecule has 2 aromatic carbocycles. The second-order valence-corrected chi connectivity index (χ2v) is 7.88. The third-order valence-corrected chi connectivity index (χ3v) is 5.78. The molecule has 172 valence electrons. The highest BCUT2D eigenvalue weighted by Crippen LogP contribution is 2.34. The van der Waals surface area contributed by atoms with Crippen molar-refractivity contribution in [2.45, 2.75) is 25.5 Å². The molecule has 1 aromatic heterocycles. The van der Waals surface area contributed by atoms with Crippen LogP contribution in [-0.2, 0) is 11.3 Å². The number of aliphatic carboxylic acids is 1. The second kappa shape index (κ2) is 10.2. The Bertz CT molecular complexity index is 1220. The normalized spacial score (nSPS) is 11.3. The maximum atomic E-state index is 11.9. The Morgan fingerprint density at radius 2 is 1.85 bits per heavy atom. The first-order valence-electron chi connectivity index (χ1n) is 9.81. The summed E-state index contributed by atoms with van der Waals surface area (Å²) in [5.41, 5.74) is 1.51. The number of carbonyl (C=O) groups is 1. The molecule has 0 unspecified atom stereocenters. The van der Waals surface area contributed by atoms with Crippen molar-refractivity contribution in [2.24, 2.45) is 0 Å². The highest BCUT2D eigenvalue weighted by molar-refractivity contribution is 8.04. The lowest BCUT2D eigenvalue weighted by molar-refractivity contribution is -0.385. The molecule has 11 heteroatoms. The molecular weight excluding hydrogens is 448 g/mol. The monoisotopic (exact) mass is 470 g/mol. The number of carboxylic acid groups (broad SMARTS) is 1. The standard InChI is InChI=1S/C22H22N4O6S/c1-5-25-20(15-10-16(31-3)12-17(11-15)32-4)23-24-22(25)33-19(21(27)28)9-14-7-6-13(2)18(8-14)26(29)30/h6-12H,5H2,1-4H3,(H,27,28)/b19-9+. The fourth-order valence-electron chi connectivity index (χ4n) is 3.10. The molecule has 1 heterocycles. The van der Waals surface area contributed by atoms with Crippen LogP contribution in [-0.4, -0.2) is 45.0 Å². The third-order valence-electron chi connectivity index (χ3n) is 4.78. The maximum Gasteiger partial charge on any atom is 0.342 e. The Hall–Kier alpha value is -3.86. The van der Waals surface area contributed by atoms with E-state index in [9.17, 15) is 20.0 Å². The van der Waals surface area contributed by atoms with E-state index in [4.69, 9.17) is 9.47 Å². The second-order valence-electron chi connectivity index (χ2n) is 6.87. The van der Waals surface area contributed by atoms with Crippen LogP contribution >= 0.6 is 11.8 Å². The van der Waals surface area contributed by atoms with E-state index in [-0.39, 0.29) is 10.6 Å². The van der Waals surface area contributed by atoms with Gasteiger partial charge in [-0.25, -0.2) is 4.79 Å². The number of ether oxygens (including phenoxy) is 2. The van der Waals surface area contributed by atoms with E-state index in [1.807, 2.05) is 6.92 Å². The number of hydrogen-bond donors (Lipinski definition) is 1. The van der Waals surface area contributed by atoms with Crippen molar-refractivity contribution < 1.29 is 24.3 Å². The van der Waals surface area contributed by atoms with Crippen LogP contribution in [0.1, 0.15) is 18.1 Å². The zero-order valence-electron chi connectivity index (χ0n) is 18.4. The van der Waals surface area contributed by atoms with Gasteiger partial charge in [-0.15, -0.1) is 10.2 Å². The number of nitrogens with zero attached hydrogens (tertiary/aromatic N) is 4. The topological polar surface area (TPSA) is 130 Å². The molecule has 0 saturated heterocycles. The summed E-state index contributed by atoms with van der Waals surface area (Å²) in [6, 6.07) is 9.86. The molecule has 0 amide bonds. The van der Waals surface area contributed by atoms with Crippen LogP contribution in [0.3, 0.4) is 0 Å². The van der Waals surface area contributed by atoms with Gasteiger partial charge in [0.25, 0.3) is 5.69 Å². The quantitative estimate of drug-likeness (QED) is 0.209. The van der Waals surface area contributed by atoms with E-state index < -0.39 is 10.9 Å². The zero-order chi connectivity index (χ0) is 24.1. The Balaban J connectivity index is 2.01. The van der Waals surface area contributed by atoms with Crippen molar-refractivity contribution in [3.8, 4) is 22.9 Å². The Morgan fingerprint density at radius 3 is 2.39 bits per heavy atom. The minimum atomic E-state index is -1.18. The average molecular weight is 471 g/mol. The fourth-order valence-corrected chi connectivity index (χ4v) is 3.98. The van der Waals surface area contributed by atoms with E-state index in [2.05, 4.69) is 10.2 Å².